The van der Waals surface area contributed by atoms with Crippen molar-refractivity contribution >= 4 is 50.9 Å². The van der Waals surface area contributed by atoms with Gasteiger partial charge in [0.15, 0.2) is 12.4 Å². The Kier molecular flexibility index (Phi) is 6.64. The number of carbonyl (C=O) groups is 2. The van der Waals surface area contributed by atoms with Gasteiger partial charge in [-0.05, 0) is 42.8 Å². The monoisotopic (exact) mass is 428 g/mol. The molecule has 2 aromatic rings. The predicted molar refractivity (Wildman–Crippen MR) is 102 cm³/mol. The Hall–Kier alpha value is -2.35. The molecule has 0 unspecified atom stereocenters. The molecule has 0 aliphatic heterocycles. The Morgan fingerprint density at radius 2 is 1.70 bits per heavy atom. The maximum atomic E-state index is 12.8. The van der Waals surface area contributed by atoms with E-state index in [1.54, 1.807) is 18.2 Å². The van der Waals surface area contributed by atoms with Gasteiger partial charge >= 0.3 is 5.97 Å². The van der Waals surface area contributed by atoms with Crippen LogP contribution in [0.2, 0.25) is 10.0 Å². The summed E-state index contributed by atoms with van der Waals surface area (Å²) in [6.45, 7) is 0.512. The first kappa shape index (κ1) is 21.0. The van der Waals surface area contributed by atoms with Gasteiger partial charge in [0.05, 0.1) is 9.92 Å². The van der Waals surface area contributed by atoms with Gasteiger partial charge in [0.25, 0.3) is 0 Å². The number of ether oxygens (including phenoxy) is 1. The molecule has 0 heterocycles. The molecule has 6 nitrogen and oxygen atoms in total. The Morgan fingerprint density at radius 1 is 1.07 bits per heavy atom. The Bertz CT molecular complexity index is 1010. The third-order valence-electron chi connectivity index (χ3n) is 3.40. The number of Topliss-reactive ketones (excluding diaryl/α,β-unsaturated/α-hetero) is 1. The van der Waals surface area contributed by atoms with Crippen LogP contribution in [0.15, 0.2) is 52.3 Å². The summed E-state index contributed by atoms with van der Waals surface area (Å²) in [5.74, 6) is -1.84. The highest BCUT2D eigenvalue weighted by atomic mass is 35.5. The second kappa shape index (κ2) is 8.56. The molecule has 1 N–H and O–H groups in total. The Balaban J connectivity index is 2.52. The normalized spacial score (nSPS) is 11.9. The lowest BCUT2D eigenvalue weighted by Gasteiger charge is -2.11. The fraction of sp³-hybridized carbons (Fsp3) is 0.111. The maximum Gasteiger partial charge on any atom is 0.341 e. The van der Waals surface area contributed by atoms with E-state index in [0.717, 1.165) is 13.0 Å². The molecule has 142 valence electrons. The second-order valence-electron chi connectivity index (χ2n) is 5.34. The van der Waals surface area contributed by atoms with E-state index < -0.39 is 33.1 Å². The number of rotatable bonds is 7. The van der Waals surface area contributed by atoms with Crippen molar-refractivity contribution in [2.45, 2.75) is 11.8 Å². The van der Waals surface area contributed by atoms with Gasteiger partial charge in [-0.15, -0.1) is 0 Å². The molecule has 0 aromatic heterocycles. The highest BCUT2D eigenvalue weighted by molar-refractivity contribution is 7.96. The first-order valence-corrected chi connectivity index (χ1v) is 9.74. The van der Waals surface area contributed by atoms with E-state index in [0.29, 0.717) is 0 Å². The number of carbonyl (C=O) groups excluding carboxylic acids is 1. The van der Waals surface area contributed by atoms with Crippen LogP contribution < -0.4 is 4.74 Å². The van der Waals surface area contributed by atoms with Crippen molar-refractivity contribution in [3.63, 3.8) is 0 Å². The summed E-state index contributed by atoms with van der Waals surface area (Å²) in [7, 11) is -4.06. The maximum absolute atomic E-state index is 12.8. The summed E-state index contributed by atoms with van der Waals surface area (Å²) >= 11 is 12.2. The van der Waals surface area contributed by atoms with E-state index in [2.05, 4.69) is 0 Å². The molecule has 9 heteroatoms. The Labute approximate surface area is 165 Å². The molecule has 2 rings (SSSR count). The quantitative estimate of drug-likeness (QED) is 0.672. The number of hydrogen-bond acceptors (Lipinski definition) is 5. The lowest BCUT2D eigenvalue weighted by Crippen LogP contribution is -2.11. The van der Waals surface area contributed by atoms with Crippen LogP contribution in [0.5, 0.6) is 5.75 Å². The molecule has 2 aromatic carbocycles. The van der Waals surface area contributed by atoms with Crippen molar-refractivity contribution in [2.24, 2.45) is 0 Å². The van der Waals surface area contributed by atoms with Crippen LogP contribution in [0.25, 0.3) is 6.08 Å². The van der Waals surface area contributed by atoms with E-state index in [4.69, 9.17) is 33.0 Å². The number of allylic oxidation sites excluding steroid dienone is 1. The lowest BCUT2D eigenvalue weighted by atomic mass is 10.2. The van der Waals surface area contributed by atoms with Crippen LogP contribution in [0.3, 0.4) is 0 Å². The molecule has 27 heavy (non-hydrogen) atoms. The number of carboxylic acids is 1. The summed E-state index contributed by atoms with van der Waals surface area (Å²) in [4.78, 5) is 22.1. The zero-order chi connectivity index (χ0) is 20.2. The molecule has 0 spiro atoms. The largest absolute Gasteiger partial charge is 0.480 e. The summed E-state index contributed by atoms with van der Waals surface area (Å²) in [5.41, 5.74) is 0.175. The number of hydrogen-bond donors (Lipinski definition) is 1. The molecule has 0 aliphatic carbocycles. The van der Waals surface area contributed by atoms with Gasteiger partial charge < -0.3 is 9.84 Å². The van der Waals surface area contributed by atoms with Crippen LogP contribution in [-0.4, -0.2) is 31.9 Å². The van der Waals surface area contributed by atoms with Crippen LogP contribution in [0, 0.1) is 0 Å². The molecule has 0 saturated heterocycles. The van der Waals surface area contributed by atoms with Gasteiger partial charge in [0.2, 0.25) is 9.84 Å². The minimum absolute atomic E-state index is 0.0245. The average molecular weight is 429 g/mol. The number of ketones is 1. The smallest absolute Gasteiger partial charge is 0.341 e. The first-order valence-electron chi connectivity index (χ1n) is 7.50. The van der Waals surface area contributed by atoms with Crippen molar-refractivity contribution in [2.75, 3.05) is 6.61 Å². The SMILES string of the molecule is CC(=O)/C(=C/c1ccc(OCC(=O)O)c(Cl)c1Cl)S(=O)(=O)c1ccccc1. The molecule has 0 aliphatic rings. The third-order valence-corrected chi connectivity index (χ3v) is 6.16. The number of aliphatic carboxylic acids is 1. The van der Waals surface area contributed by atoms with Crippen molar-refractivity contribution in [3.8, 4) is 5.75 Å². The van der Waals surface area contributed by atoms with E-state index in [9.17, 15) is 18.0 Å². The highest BCUT2D eigenvalue weighted by Gasteiger charge is 2.25. The Morgan fingerprint density at radius 3 is 2.26 bits per heavy atom. The highest BCUT2D eigenvalue weighted by Crippen LogP contribution is 2.36. The number of sulfone groups is 1. The fourth-order valence-electron chi connectivity index (χ4n) is 2.15. The summed E-state index contributed by atoms with van der Waals surface area (Å²) < 4.78 is 30.5. The third kappa shape index (κ3) is 4.88. The minimum Gasteiger partial charge on any atom is -0.480 e. The van der Waals surface area contributed by atoms with Gasteiger partial charge in [-0.25, -0.2) is 13.2 Å². The van der Waals surface area contributed by atoms with Crippen molar-refractivity contribution in [1.29, 1.82) is 0 Å². The van der Waals surface area contributed by atoms with E-state index in [-0.39, 0.29) is 26.3 Å². The van der Waals surface area contributed by atoms with E-state index in [1.807, 2.05) is 0 Å². The molecule has 0 saturated carbocycles. The number of halogens is 2. The number of carboxylic acid groups (broad SMARTS) is 1. The fourth-order valence-corrected chi connectivity index (χ4v) is 4.01. The minimum atomic E-state index is -4.06. The van der Waals surface area contributed by atoms with Crippen LogP contribution in [0.1, 0.15) is 12.5 Å². The zero-order valence-corrected chi connectivity index (χ0v) is 16.3. The van der Waals surface area contributed by atoms with E-state index >= 15 is 0 Å². The zero-order valence-electron chi connectivity index (χ0n) is 14.0. The average Bonchev–Trinajstić information content (AvgIpc) is 2.62. The standard InChI is InChI=1S/C18H14Cl2O6S/c1-11(21)15(27(24,25)13-5-3-2-4-6-13)9-12-7-8-14(18(20)17(12)19)26-10-16(22)23/h2-9H,10H2,1H3,(H,22,23)/b15-9-. The molecule has 0 fully saturated rings. The van der Waals surface area contributed by atoms with E-state index in [1.165, 1.54) is 24.3 Å². The van der Waals surface area contributed by atoms with Crippen LogP contribution in [0.4, 0.5) is 0 Å². The van der Waals surface area contributed by atoms with Gasteiger partial charge in [-0.1, -0.05) is 41.4 Å². The van der Waals surface area contributed by atoms with Gasteiger partial charge in [-0.3, -0.25) is 4.79 Å². The predicted octanol–water partition coefficient (Wildman–Crippen LogP) is 3.86. The van der Waals surface area contributed by atoms with Crippen LogP contribution in [-0.2, 0) is 19.4 Å². The lowest BCUT2D eigenvalue weighted by molar-refractivity contribution is -0.139. The van der Waals surface area contributed by atoms with Crippen LogP contribution >= 0.6 is 23.2 Å². The molecule has 0 bridgehead atoms. The van der Waals surface area contributed by atoms with Crippen molar-refractivity contribution in [1.82, 2.24) is 0 Å². The number of benzene rings is 2. The van der Waals surface area contributed by atoms with Crippen molar-refractivity contribution in [3.05, 3.63) is 63.0 Å². The first-order chi connectivity index (χ1) is 12.6. The molecule has 0 radical (unpaired) electrons. The summed E-state index contributed by atoms with van der Waals surface area (Å²) in [6.07, 6.45) is 1.12. The molecular weight excluding hydrogens is 415 g/mol. The van der Waals surface area contributed by atoms with Gasteiger partial charge in [-0.2, -0.15) is 0 Å². The second-order valence-corrected chi connectivity index (χ2v) is 8.02. The van der Waals surface area contributed by atoms with Gasteiger partial charge in [0.1, 0.15) is 15.7 Å². The molecule has 0 atom stereocenters. The summed E-state index contributed by atoms with van der Waals surface area (Å²) in [6, 6.07) is 10.2. The van der Waals surface area contributed by atoms with Crippen molar-refractivity contribution < 1.29 is 27.9 Å². The molecule has 0 amide bonds. The summed E-state index contributed by atoms with van der Waals surface area (Å²) in [5, 5.41) is 8.49. The topological polar surface area (TPSA) is 97.7 Å². The van der Waals surface area contributed by atoms with Gasteiger partial charge in [0, 0.05) is 0 Å². The molecular formula is C18H14Cl2O6S.